The Labute approximate surface area is 79.1 Å². The average Bonchev–Trinajstić information content (AvgIpc) is 2.75. The number of carbonyl (C=O) groups excluding carboxylic acids is 1. The van der Waals surface area contributed by atoms with Gasteiger partial charge >= 0.3 is 0 Å². The van der Waals surface area contributed by atoms with E-state index in [1.54, 1.807) is 7.05 Å². The lowest BCUT2D eigenvalue weighted by Gasteiger charge is -1.96. The highest BCUT2D eigenvalue weighted by Gasteiger charge is 2.52. The Morgan fingerprint density at radius 2 is 1.77 bits per heavy atom. The molecule has 2 atom stereocenters. The lowest BCUT2D eigenvalue weighted by molar-refractivity contribution is -0.122. The van der Waals surface area contributed by atoms with Crippen LogP contribution >= 0.6 is 0 Å². The monoisotopic (exact) mass is 177 g/mol. The summed E-state index contributed by atoms with van der Waals surface area (Å²) in [5.74, 6) is 8.08. The standard InChI is InChI=1S/C11H15NO/c1-12-11(13)10-8-6-4-2-3-5-7-9(8)10/h8-10H,4-7H2,1H3,(H,12,13). The second-order valence-corrected chi connectivity index (χ2v) is 3.90. The van der Waals surface area contributed by atoms with Crippen molar-refractivity contribution in [2.24, 2.45) is 17.8 Å². The largest absolute Gasteiger partial charge is 0.359 e. The van der Waals surface area contributed by atoms with Gasteiger partial charge in [-0.1, -0.05) is 0 Å². The molecule has 1 saturated carbocycles. The van der Waals surface area contributed by atoms with E-state index < -0.39 is 0 Å². The van der Waals surface area contributed by atoms with E-state index in [1.807, 2.05) is 0 Å². The van der Waals surface area contributed by atoms with Crippen molar-refractivity contribution in [3.8, 4) is 11.8 Å². The van der Waals surface area contributed by atoms with Crippen molar-refractivity contribution in [1.82, 2.24) is 5.32 Å². The maximum atomic E-state index is 11.4. The zero-order valence-corrected chi connectivity index (χ0v) is 7.97. The maximum absolute atomic E-state index is 11.4. The van der Waals surface area contributed by atoms with E-state index in [-0.39, 0.29) is 5.91 Å². The number of amides is 1. The molecule has 2 heteroatoms. The van der Waals surface area contributed by atoms with Crippen LogP contribution in [0.2, 0.25) is 0 Å². The van der Waals surface area contributed by atoms with Crippen molar-refractivity contribution in [3.05, 3.63) is 0 Å². The summed E-state index contributed by atoms with van der Waals surface area (Å²) in [5, 5.41) is 2.74. The van der Waals surface area contributed by atoms with Gasteiger partial charge in [-0.25, -0.2) is 0 Å². The highest BCUT2D eigenvalue weighted by Crippen LogP contribution is 2.52. The summed E-state index contributed by atoms with van der Waals surface area (Å²) in [6.45, 7) is 0. The molecular weight excluding hydrogens is 162 g/mol. The van der Waals surface area contributed by atoms with Gasteiger partial charge in [0.2, 0.25) is 5.91 Å². The summed E-state index contributed by atoms with van der Waals surface area (Å²) in [6.07, 6.45) is 4.20. The van der Waals surface area contributed by atoms with Crippen LogP contribution in [0.4, 0.5) is 0 Å². The molecule has 0 aromatic carbocycles. The fourth-order valence-corrected chi connectivity index (χ4v) is 2.44. The number of fused-ring (bicyclic) bond motifs is 1. The van der Waals surface area contributed by atoms with E-state index >= 15 is 0 Å². The fraction of sp³-hybridized carbons (Fsp3) is 0.727. The summed E-state index contributed by atoms with van der Waals surface area (Å²) in [4.78, 5) is 11.4. The Hall–Kier alpha value is -0.970. The van der Waals surface area contributed by atoms with Gasteiger partial charge in [-0.05, 0) is 24.7 Å². The Kier molecular flexibility index (Phi) is 2.26. The van der Waals surface area contributed by atoms with E-state index in [4.69, 9.17) is 0 Å². The molecule has 1 N–H and O–H groups in total. The second-order valence-electron chi connectivity index (χ2n) is 3.90. The minimum absolute atomic E-state index is 0.233. The van der Waals surface area contributed by atoms with Gasteiger partial charge in [0, 0.05) is 25.8 Å². The first-order valence-electron chi connectivity index (χ1n) is 5.02. The van der Waals surface area contributed by atoms with Crippen LogP contribution in [0.5, 0.6) is 0 Å². The molecule has 13 heavy (non-hydrogen) atoms. The van der Waals surface area contributed by atoms with E-state index in [2.05, 4.69) is 17.2 Å². The van der Waals surface area contributed by atoms with Gasteiger partial charge in [-0.15, -0.1) is 11.8 Å². The Balaban J connectivity index is 1.96. The van der Waals surface area contributed by atoms with E-state index in [0.717, 1.165) is 25.7 Å². The Bertz CT molecular complexity index is 256. The number of hydrogen-bond acceptors (Lipinski definition) is 1. The molecule has 2 aliphatic rings. The molecule has 1 amide bonds. The normalized spacial score (nSPS) is 35.9. The lowest BCUT2D eigenvalue weighted by atomic mass is 10.1. The van der Waals surface area contributed by atoms with Crippen LogP contribution < -0.4 is 5.32 Å². The third kappa shape index (κ3) is 1.56. The van der Waals surface area contributed by atoms with Gasteiger partial charge in [0.05, 0.1) is 0 Å². The lowest BCUT2D eigenvalue weighted by Crippen LogP contribution is -2.21. The molecule has 0 aliphatic heterocycles. The zero-order valence-electron chi connectivity index (χ0n) is 7.97. The van der Waals surface area contributed by atoms with Gasteiger partial charge in [-0.2, -0.15) is 0 Å². The van der Waals surface area contributed by atoms with Gasteiger partial charge in [0.25, 0.3) is 0 Å². The van der Waals surface area contributed by atoms with Crippen molar-refractivity contribution in [2.45, 2.75) is 25.7 Å². The van der Waals surface area contributed by atoms with Crippen LogP contribution in [-0.2, 0) is 4.79 Å². The molecule has 0 heterocycles. The quantitative estimate of drug-likeness (QED) is 0.598. The van der Waals surface area contributed by atoms with Crippen molar-refractivity contribution in [3.63, 3.8) is 0 Å². The maximum Gasteiger partial charge on any atom is 0.223 e. The van der Waals surface area contributed by atoms with E-state index in [0.29, 0.717) is 17.8 Å². The van der Waals surface area contributed by atoms with Crippen molar-refractivity contribution in [2.75, 3.05) is 7.05 Å². The van der Waals surface area contributed by atoms with E-state index in [9.17, 15) is 4.79 Å². The molecule has 1 fully saturated rings. The molecule has 2 aliphatic carbocycles. The van der Waals surface area contributed by atoms with Crippen LogP contribution in [0, 0.1) is 29.6 Å². The third-order valence-electron chi connectivity index (χ3n) is 3.21. The van der Waals surface area contributed by atoms with Crippen LogP contribution in [0.1, 0.15) is 25.7 Å². The summed E-state index contributed by atoms with van der Waals surface area (Å²) in [7, 11) is 1.73. The van der Waals surface area contributed by atoms with Crippen molar-refractivity contribution < 1.29 is 4.79 Å². The smallest absolute Gasteiger partial charge is 0.223 e. The highest BCUT2D eigenvalue weighted by atomic mass is 16.2. The number of rotatable bonds is 1. The highest BCUT2D eigenvalue weighted by molar-refractivity contribution is 5.81. The average molecular weight is 177 g/mol. The van der Waals surface area contributed by atoms with Gasteiger partial charge in [0.15, 0.2) is 0 Å². The molecule has 0 bridgehead atoms. The van der Waals surface area contributed by atoms with Gasteiger partial charge < -0.3 is 5.32 Å². The minimum atomic E-state index is 0.233. The molecule has 2 rings (SSSR count). The fourth-order valence-electron chi connectivity index (χ4n) is 2.44. The predicted molar refractivity (Wildman–Crippen MR) is 50.8 cm³/mol. The molecule has 0 aromatic rings. The zero-order chi connectivity index (χ0) is 9.26. The summed E-state index contributed by atoms with van der Waals surface area (Å²) < 4.78 is 0. The number of carbonyl (C=O) groups is 1. The van der Waals surface area contributed by atoms with Crippen LogP contribution in [0.15, 0.2) is 0 Å². The number of hydrogen-bond donors (Lipinski definition) is 1. The SMILES string of the molecule is CNC(=O)C1C2CCC#CCCC21. The molecular formula is C11H15NO. The molecule has 2 unspecified atom stereocenters. The molecule has 0 spiro atoms. The topological polar surface area (TPSA) is 29.1 Å². The Morgan fingerprint density at radius 3 is 2.23 bits per heavy atom. The first kappa shape index (κ1) is 8.62. The van der Waals surface area contributed by atoms with Crippen LogP contribution in [0.25, 0.3) is 0 Å². The van der Waals surface area contributed by atoms with Crippen LogP contribution in [0.3, 0.4) is 0 Å². The number of nitrogens with one attached hydrogen (secondary N) is 1. The molecule has 0 radical (unpaired) electrons. The first-order valence-corrected chi connectivity index (χ1v) is 5.02. The van der Waals surface area contributed by atoms with E-state index in [1.165, 1.54) is 0 Å². The molecule has 70 valence electrons. The van der Waals surface area contributed by atoms with Gasteiger partial charge in [0.1, 0.15) is 0 Å². The van der Waals surface area contributed by atoms with Crippen molar-refractivity contribution in [1.29, 1.82) is 0 Å². The molecule has 0 saturated heterocycles. The third-order valence-corrected chi connectivity index (χ3v) is 3.21. The minimum Gasteiger partial charge on any atom is -0.359 e. The van der Waals surface area contributed by atoms with Crippen molar-refractivity contribution >= 4 is 5.91 Å². The predicted octanol–water partition coefficient (Wildman–Crippen LogP) is 1.17. The summed E-state index contributed by atoms with van der Waals surface area (Å²) >= 11 is 0. The second kappa shape index (κ2) is 3.41. The Morgan fingerprint density at radius 1 is 1.23 bits per heavy atom. The summed E-state index contributed by atoms with van der Waals surface area (Å²) in [5.41, 5.74) is 0. The first-order chi connectivity index (χ1) is 6.34. The molecule has 2 nitrogen and oxygen atoms in total. The molecule has 0 aromatic heterocycles. The summed E-state index contributed by atoms with van der Waals surface area (Å²) in [6, 6.07) is 0. The van der Waals surface area contributed by atoms with Crippen LogP contribution in [-0.4, -0.2) is 13.0 Å². The van der Waals surface area contributed by atoms with Gasteiger partial charge in [-0.3, -0.25) is 4.79 Å².